The van der Waals surface area contributed by atoms with Crippen LogP contribution in [-0.4, -0.2) is 45.2 Å². The average molecular weight is 396 g/mol. The van der Waals surface area contributed by atoms with Gasteiger partial charge in [-0.2, -0.15) is 5.10 Å². The highest BCUT2D eigenvalue weighted by molar-refractivity contribution is 5.89. The van der Waals surface area contributed by atoms with Crippen LogP contribution in [0.25, 0.3) is 0 Å². The molecule has 0 radical (unpaired) electrons. The lowest BCUT2D eigenvalue weighted by molar-refractivity contribution is 0.203. The van der Waals surface area contributed by atoms with Crippen molar-refractivity contribution in [2.24, 2.45) is 0 Å². The van der Waals surface area contributed by atoms with E-state index in [1.165, 1.54) is 48.4 Å². The second-order valence-electron chi connectivity index (χ2n) is 8.55. The third kappa shape index (κ3) is 4.32. The van der Waals surface area contributed by atoms with Gasteiger partial charge in [0.2, 0.25) is 0 Å². The van der Waals surface area contributed by atoms with Crippen molar-refractivity contribution in [3.8, 4) is 0 Å². The SMILES string of the molecule is CCc1ccc(NC(=O)N2CCc3c(CN4CCCC4)nn(C(C)C)c3C2)cc1. The predicted octanol–water partition coefficient (Wildman–Crippen LogP) is 4.21. The molecular formula is C23H33N5O. The zero-order valence-corrected chi connectivity index (χ0v) is 17.9. The fraction of sp³-hybridized carbons (Fsp3) is 0.565. The molecule has 4 rings (SSSR count). The van der Waals surface area contributed by atoms with E-state index in [0.29, 0.717) is 12.6 Å². The minimum absolute atomic E-state index is 0.0301. The van der Waals surface area contributed by atoms with Crippen LogP contribution in [-0.2, 0) is 25.9 Å². The molecule has 1 N–H and O–H groups in total. The smallest absolute Gasteiger partial charge is 0.318 e. The van der Waals surface area contributed by atoms with Crippen LogP contribution >= 0.6 is 0 Å². The van der Waals surface area contributed by atoms with Crippen LogP contribution in [0.3, 0.4) is 0 Å². The molecule has 0 aliphatic carbocycles. The molecule has 2 aliphatic rings. The van der Waals surface area contributed by atoms with E-state index in [1.807, 2.05) is 17.0 Å². The number of carbonyl (C=O) groups excluding carboxylic acids is 1. The molecular weight excluding hydrogens is 362 g/mol. The number of carbonyl (C=O) groups is 1. The zero-order valence-electron chi connectivity index (χ0n) is 17.9. The van der Waals surface area contributed by atoms with E-state index in [9.17, 15) is 4.79 Å². The first kappa shape index (κ1) is 20.0. The van der Waals surface area contributed by atoms with Gasteiger partial charge in [-0.1, -0.05) is 19.1 Å². The van der Waals surface area contributed by atoms with E-state index in [4.69, 9.17) is 5.10 Å². The molecule has 156 valence electrons. The van der Waals surface area contributed by atoms with E-state index in [-0.39, 0.29) is 6.03 Å². The number of anilines is 1. The summed E-state index contributed by atoms with van der Waals surface area (Å²) in [5.41, 5.74) is 5.91. The first-order chi connectivity index (χ1) is 14.0. The number of nitrogens with zero attached hydrogens (tertiary/aromatic N) is 4. The minimum Gasteiger partial charge on any atom is -0.318 e. The van der Waals surface area contributed by atoms with Gasteiger partial charge in [0.1, 0.15) is 0 Å². The quantitative estimate of drug-likeness (QED) is 0.825. The van der Waals surface area contributed by atoms with Gasteiger partial charge in [-0.05, 0) is 70.3 Å². The van der Waals surface area contributed by atoms with E-state index < -0.39 is 0 Å². The van der Waals surface area contributed by atoms with Crippen LogP contribution in [0.5, 0.6) is 0 Å². The third-order valence-electron chi connectivity index (χ3n) is 6.14. The van der Waals surface area contributed by atoms with Crippen molar-refractivity contribution in [3.05, 3.63) is 46.8 Å². The molecule has 6 heteroatoms. The van der Waals surface area contributed by atoms with Crippen LogP contribution in [0, 0.1) is 0 Å². The monoisotopic (exact) mass is 395 g/mol. The number of fused-ring (bicyclic) bond motifs is 1. The Morgan fingerprint density at radius 2 is 1.86 bits per heavy atom. The maximum atomic E-state index is 12.9. The summed E-state index contributed by atoms with van der Waals surface area (Å²) < 4.78 is 2.14. The molecule has 3 heterocycles. The number of aromatic nitrogens is 2. The van der Waals surface area contributed by atoms with E-state index in [2.05, 4.69) is 47.8 Å². The first-order valence-electron chi connectivity index (χ1n) is 11.0. The van der Waals surface area contributed by atoms with Gasteiger partial charge in [-0.15, -0.1) is 0 Å². The standard InChI is InChI=1S/C23H33N5O/c1-4-18-7-9-19(10-8-18)24-23(29)27-14-11-20-21(15-26-12-5-6-13-26)25-28(17(2)3)22(20)16-27/h7-10,17H,4-6,11-16H2,1-3H3,(H,24,29). The highest BCUT2D eigenvalue weighted by Gasteiger charge is 2.29. The average Bonchev–Trinajstić information content (AvgIpc) is 3.36. The molecule has 0 spiro atoms. The Bertz CT molecular complexity index is 849. The van der Waals surface area contributed by atoms with Crippen LogP contribution in [0.2, 0.25) is 0 Å². The zero-order chi connectivity index (χ0) is 20.4. The van der Waals surface area contributed by atoms with Crippen molar-refractivity contribution in [1.29, 1.82) is 0 Å². The number of nitrogens with one attached hydrogen (secondary N) is 1. The van der Waals surface area contributed by atoms with Gasteiger partial charge in [0.15, 0.2) is 0 Å². The maximum Gasteiger partial charge on any atom is 0.322 e. The highest BCUT2D eigenvalue weighted by Crippen LogP contribution is 2.27. The van der Waals surface area contributed by atoms with Gasteiger partial charge in [0, 0.05) is 30.4 Å². The van der Waals surface area contributed by atoms with Gasteiger partial charge in [0.25, 0.3) is 0 Å². The lowest BCUT2D eigenvalue weighted by Crippen LogP contribution is -2.39. The molecule has 1 aromatic heterocycles. The number of amides is 2. The molecule has 2 aromatic rings. The number of hydrogen-bond acceptors (Lipinski definition) is 3. The fourth-order valence-corrected chi connectivity index (χ4v) is 4.43. The second-order valence-corrected chi connectivity index (χ2v) is 8.55. The molecule has 0 unspecified atom stereocenters. The molecule has 1 aromatic carbocycles. The molecule has 2 aliphatic heterocycles. The van der Waals surface area contributed by atoms with Crippen LogP contribution < -0.4 is 5.32 Å². The number of urea groups is 1. The Labute approximate surface area is 173 Å². The molecule has 0 saturated carbocycles. The van der Waals surface area contributed by atoms with Crippen molar-refractivity contribution >= 4 is 11.7 Å². The molecule has 1 fully saturated rings. The van der Waals surface area contributed by atoms with Crippen molar-refractivity contribution in [2.45, 2.75) is 65.6 Å². The van der Waals surface area contributed by atoms with Gasteiger partial charge in [-0.25, -0.2) is 4.79 Å². The minimum atomic E-state index is -0.0301. The Morgan fingerprint density at radius 3 is 2.52 bits per heavy atom. The van der Waals surface area contributed by atoms with Gasteiger partial charge >= 0.3 is 6.03 Å². The lowest BCUT2D eigenvalue weighted by Gasteiger charge is -2.29. The summed E-state index contributed by atoms with van der Waals surface area (Å²) >= 11 is 0. The Balaban J connectivity index is 1.49. The summed E-state index contributed by atoms with van der Waals surface area (Å²) in [6.45, 7) is 11.1. The van der Waals surface area contributed by atoms with E-state index in [0.717, 1.165) is 31.6 Å². The van der Waals surface area contributed by atoms with Crippen LogP contribution in [0.1, 0.15) is 62.2 Å². The van der Waals surface area contributed by atoms with Crippen molar-refractivity contribution in [2.75, 3.05) is 25.0 Å². The van der Waals surface area contributed by atoms with Gasteiger partial charge in [-0.3, -0.25) is 9.58 Å². The highest BCUT2D eigenvalue weighted by atomic mass is 16.2. The Morgan fingerprint density at radius 1 is 1.14 bits per heavy atom. The van der Waals surface area contributed by atoms with Crippen molar-refractivity contribution in [1.82, 2.24) is 19.6 Å². The van der Waals surface area contributed by atoms with Crippen LogP contribution in [0.4, 0.5) is 10.5 Å². The molecule has 29 heavy (non-hydrogen) atoms. The van der Waals surface area contributed by atoms with Crippen LogP contribution in [0.15, 0.2) is 24.3 Å². The summed E-state index contributed by atoms with van der Waals surface area (Å²) in [5, 5.41) is 8.03. The van der Waals surface area contributed by atoms with Crippen molar-refractivity contribution < 1.29 is 4.79 Å². The van der Waals surface area contributed by atoms with Crippen molar-refractivity contribution in [3.63, 3.8) is 0 Å². The van der Waals surface area contributed by atoms with E-state index >= 15 is 0 Å². The summed E-state index contributed by atoms with van der Waals surface area (Å²) in [6, 6.07) is 8.38. The molecule has 0 bridgehead atoms. The Kier molecular flexibility index (Phi) is 5.90. The van der Waals surface area contributed by atoms with E-state index in [1.54, 1.807) is 0 Å². The number of rotatable bonds is 5. The number of benzene rings is 1. The first-order valence-corrected chi connectivity index (χ1v) is 11.0. The predicted molar refractivity (Wildman–Crippen MR) is 116 cm³/mol. The molecule has 1 saturated heterocycles. The topological polar surface area (TPSA) is 53.4 Å². The summed E-state index contributed by atoms with van der Waals surface area (Å²) in [4.78, 5) is 17.3. The number of aryl methyl sites for hydroxylation is 1. The van der Waals surface area contributed by atoms with Gasteiger partial charge < -0.3 is 10.2 Å². The number of hydrogen-bond donors (Lipinski definition) is 1. The molecule has 0 atom stereocenters. The molecule has 6 nitrogen and oxygen atoms in total. The second kappa shape index (κ2) is 8.57. The summed E-state index contributed by atoms with van der Waals surface area (Å²) in [7, 11) is 0. The normalized spacial score (nSPS) is 17.0. The maximum absolute atomic E-state index is 12.9. The summed E-state index contributed by atoms with van der Waals surface area (Å²) in [6.07, 6.45) is 4.47. The lowest BCUT2D eigenvalue weighted by atomic mass is 10.0. The Hall–Kier alpha value is -2.34. The van der Waals surface area contributed by atoms with Gasteiger partial charge in [0.05, 0.1) is 17.9 Å². The number of likely N-dealkylation sites (tertiary alicyclic amines) is 1. The molecule has 2 amide bonds. The largest absolute Gasteiger partial charge is 0.322 e. The third-order valence-corrected chi connectivity index (χ3v) is 6.14. The fourth-order valence-electron chi connectivity index (χ4n) is 4.43. The summed E-state index contributed by atoms with van der Waals surface area (Å²) in [5.74, 6) is 0.